The van der Waals surface area contributed by atoms with Crippen molar-refractivity contribution in [1.82, 2.24) is 0 Å². The van der Waals surface area contributed by atoms with Crippen molar-refractivity contribution in [2.75, 3.05) is 7.11 Å². The number of hydrogen-bond donors (Lipinski definition) is 1. The van der Waals surface area contributed by atoms with E-state index in [0.717, 1.165) is 0 Å². The predicted octanol–water partition coefficient (Wildman–Crippen LogP) is 0.475. The quantitative estimate of drug-likeness (QED) is 0.652. The van der Waals surface area contributed by atoms with Crippen molar-refractivity contribution < 1.29 is 14.4 Å². The van der Waals surface area contributed by atoms with E-state index in [1.54, 1.807) is 12.1 Å². The largest absolute Gasteiger partial charge is 0.497 e. The summed E-state index contributed by atoms with van der Waals surface area (Å²) in [6.07, 6.45) is 0. The lowest BCUT2D eigenvalue weighted by Gasteiger charge is -2.02. The molecule has 1 radical (unpaired) electrons. The Morgan fingerprint density at radius 3 is 2.83 bits per heavy atom. The van der Waals surface area contributed by atoms with Gasteiger partial charge in [-0.1, -0.05) is 0 Å². The van der Waals surface area contributed by atoms with E-state index in [4.69, 9.17) is 4.74 Å². The molecule has 0 aromatic heterocycles. The van der Waals surface area contributed by atoms with Crippen LogP contribution in [0.15, 0.2) is 18.2 Å². The third-order valence-electron chi connectivity index (χ3n) is 1.58. The van der Waals surface area contributed by atoms with Crippen LogP contribution in [0.3, 0.4) is 0 Å². The van der Waals surface area contributed by atoms with E-state index in [1.807, 2.05) is 0 Å². The SMILES string of the molecule is [CH2-][NH+]Cc1ccc(OC)cc1F. The second kappa shape index (κ2) is 4.07. The van der Waals surface area contributed by atoms with Crippen molar-refractivity contribution in [1.29, 1.82) is 0 Å². The molecule has 0 amide bonds. The van der Waals surface area contributed by atoms with Crippen molar-refractivity contribution in [3.63, 3.8) is 0 Å². The van der Waals surface area contributed by atoms with Gasteiger partial charge in [-0.25, -0.2) is 4.39 Å². The number of nitrogens with one attached hydrogen (secondary N) is 1. The minimum Gasteiger partial charge on any atom is -0.497 e. The van der Waals surface area contributed by atoms with Gasteiger partial charge in [-0.3, -0.25) is 0 Å². The van der Waals surface area contributed by atoms with Crippen LogP contribution < -0.4 is 10.1 Å². The first-order chi connectivity index (χ1) is 5.77. The highest BCUT2D eigenvalue weighted by Crippen LogP contribution is 2.14. The van der Waals surface area contributed by atoms with Crippen LogP contribution in [-0.2, 0) is 6.54 Å². The molecule has 3 heteroatoms. The summed E-state index contributed by atoms with van der Waals surface area (Å²) in [6.45, 7) is 0.426. The van der Waals surface area contributed by atoms with Gasteiger partial charge in [-0.2, -0.15) is 0 Å². The Hall–Kier alpha value is -1.09. The minimum atomic E-state index is -0.273. The average Bonchev–Trinajstić information content (AvgIpc) is 2.09. The lowest BCUT2D eigenvalue weighted by molar-refractivity contribution is -0.612. The maximum atomic E-state index is 13.1. The zero-order valence-corrected chi connectivity index (χ0v) is 6.93. The van der Waals surface area contributed by atoms with Crippen molar-refractivity contribution in [3.05, 3.63) is 36.6 Å². The molecule has 0 heterocycles. The first-order valence-corrected chi connectivity index (χ1v) is 3.60. The Bertz CT molecular complexity index is 263. The highest BCUT2D eigenvalue weighted by molar-refractivity contribution is 5.28. The third kappa shape index (κ3) is 1.95. The lowest BCUT2D eigenvalue weighted by atomic mass is 10.2. The van der Waals surface area contributed by atoms with Crippen LogP contribution in [0.1, 0.15) is 5.56 Å². The molecule has 12 heavy (non-hydrogen) atoms. The molecule has 0 aliphatic rings. The molecule has 2 nitrogen and oxygen atoms in total. The summed E-state index contributed by atoms with van der Waals surface area (Å²) in [5.74, 6) is 0.255. The highest BCUT2D eigenvalue weighted by atomic mass is 19.1. The second-order valence-corrected chi connectivity index (χ2v) is 2.38. The van der Waals surface area contributed by atoms with Gasteiger partial charge in [0, 0.05) is 11.6 Å². The molecule has 0 aliphatic carbocycles. The molecule has 0 saturated heterocycles. The molecule has 65 valence electrons. The van der Waals surface area contributed by atoms with Gasteiger partial charge >= 0.3 is 0 Å². The second-order valence-electron chi connectivity index (χ2n) is 2.38. The third-order valence-corrected chi connectivity index (χ3v) is 1.58. The summed E-state index contributed by atoms with van der Waals surface area (Å²) in [7, 11) is 4.92. The maximum Gasteiger partial charge on any atom is 0.135 e. The molecule has 1 aromatic carbocycles. The molecule has 0 bridgehead atoms. The fraction of sp³-hybridized carbons (Fsp3) is 0.222. The molecular formula is C9H11FNO. The zero-order chi connectivity index (χ0) is 8.97. The number of ether oxygens (including phenoxy) is 1. The van der Waals surface area contributed by atoms with Crippen LogP contribution in [-0.4, -0.2) is 7.11 Å². The fourth-order valence-electron chi connectivity index (χ4n) is 0.933. The number of hydrogen-bond acceptors (Lipinski definition) is 2. The molecule has 0 saturated carbocycles. The van der Waals surface area contributed by atoms with Gasteiger partial charge in [-0.15, -0.1) is 7.05 Å². The van der Waals surface area contributed by atoms with E-state index >= 15 is 0 Å². The van der Waals surface area contributed by atoms with Gasteiger partial charge in [-0.05, 0) is 12.1 Å². The topological polar surface area (TPSA) is 24.8 Å². The molecule has 0 spiro atoms. The van der Waals surface area contributed by atoms with Crippen molar-refractivity contribution in [3.8, 4) is 5.75 Å². The molecule has 0 atom stereocenters. The zero-order valence-electron chi connectivity index (χ0n) is 6.93. The molecule has 0 aliphatic heterocycles. The molecule has 0 fully saturated rings. The first-order valence-electron chi connectivity index (χ1n) is 3.60. The van der Waals surface area contributed by atoms with E-state index in [1.165, 1.54) is 13.2 Å². The van der Waals surface area contributed by atoms with E-state index in [0.29, 0.717) is 17.9 Å². The number of benzene rings is 1. The van der Waals surface area contributed by atoms with Crippen molar-refractivity contribution >= 4 is 0 Å². The van der Waals surface area contributed by atoms with Crippen molar-refractivity contribution in [2.45, 2.75) is 6.54 Å². The molecule has 1 N–H and O–H groups in total. The minimum absolute atomic E-state index is 0.273. The first kappa shape index (κ1) is 9.00. The Kier molecular flexibility index (Phi) is 3.05. The van der Waals surface area contributed by atoms with Crippen LogP contribution in [0.25, 0.3) is 0 Å². The molecule has 0 unspecified atom stereocenters. The van der Waals surface area contributed by atoms with Gasteiger partial charge in [0.1, 0.15) is 18.1 Å². The summed E-state index contributed by atoms with van der Waals surface area (Å²) in [4.78, 5) is 0. The molecule has 1 aromatic rings. The lowest BCUT2D eigenvalue weighted by Crippen LogP contribution is -2.75. The van der Waals surface area contributed by atoms with E-state index in [9.17, 15) is 4.39 Å². The Labute approximate surface area is 71.4 Å². The maximum absolute atomic E-state index is 13.1. The highest BCUT2D eigenvalue weighted by Gasteiger charge is 2.03. The van der Waals surface area contributed by atoms with Gasteiger partial charge < -0.3 is 10.1 Å². The normalized spacial score (nSPS) is 9.92. The number of halogens is 1. The predicted molar refractivity (Wildman–Crippen MR) is 43.0 cm³/mol. The van der Waals surface area contributed by atoms with E-state index in [-0.39, 0.29) is 5.82 Å². The van der Waals surface area contributed by atoms with Gasteiger partial charge in [0.15, 0.2) is 0 Å². The van der Waals surface area contributed by atoms with Crippen LogP contribution in [0.5, 0.6) is 5.75 Å². The van der Waals surface area contributed by atoms with E-state index < -0.39 is 0 Å². The summed E-state index contributed by atoms with van der Waals surface area (Å²) in [5, 5.41) is 2.63. The Balaban J connectivity index is 2.87. The smallest absolute Gasteiger partial charge is 0.135 e. The van der Waals surface area contributed by atoms with Gasteiger partial charge in [0.2, 0.25) is 0 Å². The number of rotatable bonds is 3. The summed E-state index contributed by atoms with van der Waals surface area (Å²) >= 11 is 0. The monoisotopic (exact) mass is 168 g/mol. The number of methoxy groups -OCH3 is 1. The molecule has 1 rings (SSSR count). The van der Waals surface area contributed by atoms with Crippen LogP contribution in [0, 0.1) is 12.9 Å². The Morgan fingerprint density at radius 2 is 2.33 bits per heavy atom. The Morgan fingerprint density at radius 1 is 1.58 bits per heavy atom. The fourth-order valence-corrected chi connectivity index (χ4v) is 0.933. The summed E-state index contributed by atoms with van der Waals surface area (Å²) < 4.78 is 17.9. The van der Waals surface area contributed by atoms with E-state index in [2.05, 4.69) is 12.4 Å². The summed E-state index contributed by atoms with van der Waals surface area (Å²) in [6, 6.07) is 4.74. The standard InChI is InChI=1S/C9H11FNO/c1-11-6-7-3-4-8(12-2)5-9(7)10/h3-5,11H,1,6H2,2H3. The summed E-state index contributed by atoms with van der Waals surface area (Å²) in [5.41, 5.74) is 0.589. The van der Waals surface area contributed by atoms with Crippen LogP contribution in [0.4, 0.5) is 4.39 Å². The van der Waals surface area contributed by atoms with Crippen LogP contribution in [0.2, 0.25) is 0 Å². The average molecular weight is 168 g/mol. The van der Waals surface area contributed by atoms with Crippen LogP contribution >= 0.6 is 0 Å². The van der Waals surface area contributed by atoms with Gasteiger partial charge in [0.05, 0.1) is 7.11 Å². The molecular weight excluding hydrogens is 157 g/mol. The van der Waals surface area contributed by atoms with Crippen molar-refractivity contribution in [2.24, 2.45) is 0 Å². The van der Waals surface area contributed by atoms with Gasteiger partial charge in [0.25, 0.3) is 0 Å².